The maximum Gasteiger partial charge on any atom is 0.252 e. The fourth-order valence-electron chi connectivity index (χ4n) is 13.3. The van der Waals surface area contributed by atoms with Gasteiger partial charge in [0.2, 0.25) is 0 Å². The van der Waals surface area contributed by atoms with Gasteiger partial charge in [-0.15, -0.1) is 11.3 Å². The Morgan fingerprint density at radius 2 is 0.914 bits per heavy atom. The molecule has 4 nitrogen and oxygen atoms in total. The Hall–Kier alpha value is -8.32. The van der Waals surface area contributed by atoms with E-state index in [1.165, 1.54) is 126 Å². The summed E-state index contributed by atoms with van der Waals surface area (Å²) in [6.07, 6.45) is 0. The molecule has 0 bridgehead atoms. The van der Waals surface area contributed by atoms with Crippen molar-refractivity contribution >= 4 is 128 Å². The monoisotopic (exact) mass is 1070 g/mol. The molecule has 398 valence electrons. The maximum atomic E-state index is 2.61. The maximum absolute atomic E-state index is 2.61. The van der Waals surface area contributed by atoms with Crippen LogP contribution in [0.3, 0.4) is 0 Å². The third kappa shape index (κ3) is 8.23. The number of rotatable bonds is 6. The Bertz CT molecular complexity index is 4500. The molecule has 0 radical (unpaired) electrons. The first kappa shape index (κ1) is 50.9. The molecule has 0 unspecified atom stereocenters. The van der Waals surface area contributed by atoms with Gasteiger partial charge in [-0.1, -0.05) is 172 Å². The average molecular weight is 1070 g/mol. The predicted octanol–water partition coefficient (Wildman–Crippen LogP) is 19.5. The van der Waals surface area contributed by atoms with Gasteiger partial charge in [0.1, 0.15) is 0 Å². The lowest BCUT2D eigenvalue weighted by atomic mass is 9.33. The summed E-state index contributed by atoms with van der Waals surface area (Å²) in [5.41, 5.74) is 25.7. The number of hydrogen-bond acceptors (Lipinski definition) is 4. The Balaban J connectivity index is 1.06. The minimum atomic E-state index is -0.0560. The molecule has 4 heterocycles. The van der Waals surface area contributed by atoms with Crippen LogP contribution in [0.5, 0.6) is 0 Å². The van der Waals surface area contributed by atoms with Crippen LogP contribution in [-0.4, -0.2) is 11.3 Å². The second-order valence-electron chi connectivity index (χ2n) is 26.1. The molecule has 0 spiro atoms. The smallest absolute Gasteiger partial charge is 0.252 e. The van der Waals surface area contributed by atoms with E-state index in [0.717, 1.165) is 22.7 Å². The van der Waals surface area contributed by atoms with Crippen molar-refractivity contribution in [1.29, 1.82) is 0 Å². The Morgan fingerprint density at radius 1 is 0.383 bits per heavy atom. The Labute approximate surface area is 482 Å². The first-order valence-corrected chi connectivity index (χ1v) is 29.7. The zero-order valence-corrected chi connectivity index (χ0v) is 49.6. The van der Waals surface area contributed by atoms with E-state index in [4.69, 9.17) is 0 Å². The number of aromatic nitrogens is 1. The highest BCUT2D eigenvalue weighted by molar-refractivity contribution is 7.25. The topological polar surface area (TPSA) is 14.7 Å². The van der Waals surface area contributed by atoms with E-state index in [1.807, 2.05) is 11.3 Å². The molecule has 0 saturated carbocycles. The van der Waals surface area contributed by atoms with Crippen molar-refractivity contribution in [1.82, 2.24) is 4.57 Å². The normalized spacial score (nSPS) is 13.4. The van der Waals surface area contributed by atoms with Crippen LogP contribution in [0.1, 0.15) is 95.7 Å². The zero-order chi connectivity index (χ0) is 56.0. The van der Waals surface area contributed by atoms with Crippen LogP contribution in [0.4, 0.5) is 51.2 Å². The van der Waals surface area contributed by atoms with Crippen LogP contribution in [0.2, 0.25) is 0 Å². The molecule has 0 fully saturated rings. The van der Waals surface area contributed by atoms with Gasteiger partial charge in [-0.2, -0.15) is 0 Å². The lowest BCUT2D eigenvalue weighted by molar-refractivity contribution is 0.589. The van der Waals surface area contributed by atoms with Crippen molar-refractivity contribution < 1.29 is 0 Å². The van der Waals surface area contributed by atoms with Crippen molar-refractivity contribution in [2.75, 3.05) is 14.7 Å². The molecule has 14 rings (SSSR count). The molecular weight excluding hydrogens is 1000 g/mol. The summed E-state index contributed by atoms with van der Waals surface area (Å²) in [7, 11) is 0. The van der Waals surface area contributed by atoms with Gasteiger partial charge in [0, 0.05) is 82.1 Å². The first-order chi connectivity index (χ1) is 38.8. The molecule has 6 heteroatoms. The second kappa shape index (κ2) is 18.4. The highest BCUT2D eigenvalue weighted by Crippen LogP contribution is 2.50. The van der Waals surface area contributed by atoms with Crippen molar-refractivity contribution in [2.24, 2.45) is 0 Å². The molecule has 0 aliphatic carbocycles. The van der Waals surface area contributed by atoms with Gasteiger partial charge in [-0.25, -0.2) is 0 Å². The number of aryl methyl sites for hydroxylation is 3. The van der Waals surface area contributed by atoms with E-state index in [9.17, 15) is 0 Å². The molecule has 2 aliphatic rings. The van der Waals surface area contributed by atoms with Crippen LogP contribution in [-0.2, 0) is 16.2 Å². The summed E-state index contributed by atoms with van der Waals surface area (Å²) >= 11 is 1.88. The van der Waals surface area contributed by atoms with Gasteiger partial charge in [-0.05, 0) is 178 Å². The summed E-state index contributed by atoms with van der Waals surface area (Å²) in [4.78, 5) is 7.74. The number of hydrogen-bond donors (Lipinski definition) is 0. The van der Waals surface area contributed by atoms with Gasteiger partial charge in [0.05, 0.1) is 16.7 Å². The van der Waals surface area contributed by atoms with E-state index >= 15 is 0 Å². The summed E-state index contributed by atoms with van der Waals surface area (Å²) in [5.74, 6) is 0. The van der Waals surface area contributed by atoms with Gasteiger partial charge < -0.3 is 19.3 Å². The van der Waals surface area contributed by atoms with Gasteiger partial charge in [0.25, 0.3) is 6.71 Å². The largest absolute Gasteiger partial charge is 0.311 e. The molecule has 2 aromatic heterocycles. The summed E-state index contributed by atoms with van der Waals surface area (Å²) in [5, 5.41) is 5.07. The van der Waals surface area contributed by atoms with Gasteiger partial charge in [-0.3, -0.25) is 0 Å². The molecule has 81 heavy (non-hydrogen) atoms. The van der Waals surface area contributed by atoms with Crippen molar-refractivity contribution in [3.05, 3.63) is 234 Å². The van der Waals surface area contributed by atoms with E-state index in [0.29, 0.717) is 0 Å². The van der Waals surface area contributed by atoms with Crippen LogP contribution < -0.4 is 31.1 Å². The van der Waals surface area contributed by atoms with Crippen molar-refractivity contribution in [2.45, 2.75) is 99.3 Å². The lowest BCUT2D eigenvalue weighted by Gasteiger charge is -2.45. The minimum Gasteiger partial charge on any atom is -0.311 e. The van der Waals surface area contributed by atoms with Crippen LogP contribution in [0.15, 0.2) is 200 Å². The standard InChI is InChI=1S/C75H69BN4S/c1-46-38-67-71-68(39-46)80(56-32-35-60-59-23-17-19-25-69(59)81-70(60)45-56)66-44-55(33-37-62(66)76(71)61-36-28-50(74(7,8)9)42-65(61)79(67)53-29-26-49(27-30-53)73(4,5)6)77(72-47(2)40-51(41-48(72)3)75(10,11)12)54-31-34-58-57-22-16-18-24-63(57)78(64(58)43-54)52-20-14-13-15-21-52/h13-45H,1-12H3. The average Bonchev–Trinajstić information content (AvgIpc) is 2.49. The second-order valence-corrected chi connectivity index (χ2v) is 27.2. The van der Waals surface area contributed by atoms with Gasteiger partial charge >= 0.3 is 0 Å². The van der Waals surface area contributed by atoms with Crippen molar-refractivity contribution in [3.8, 4) is 5.69 Å². The summed E-state index contributed by atoms with van der Waals surface area (Å²) in [6.45, 7) is 27.7. The van der Waals surface area contributed by atoms with E-state index in [1.54, 1.807) is 0 Å². The molecule has 2 aliphatic heterocycles. The van der Waals surface area contributed by atoms with Gasteiger partial charge in [0.15, 0.2) is 0 Å². The highest BCUT2D eigenvalue weighted by Gasteiger charge is 2.44. The van der Waals surface area contributed by atoms with E-state index < -0.39 is 0 Å². The highest BCUT2D eigenvalue weighted by atomic mass is 32.1. The Kier molecular flexibility index (Phi) is 11.5. The molecule has 0 N–H and O–H groups in total. The number of benzene rings is 10. The third-order valence-electron chi connectivity index (χ3n) is 17.4. The number of thiophene rings is 1. The quantitative estimate of drug-likeness (QED) is 0.154. The molecule has 10 aromatic carbocycles. The Morgan fingerprint density at radius 3 is 1.60 bits per heavy atom. The predicted molar refractivity (Wildman–Crippen MR) is 353 cm³/mol. The van der Waals surface area contributed by atoms with Crippen LogP contribution >= 0.6 is 11.3 Å². The van der Waals surface area contributed by atoms with E-state index in [-0.39, 0.29) is 23.0 Å². The summed E-state index contributed by atoms with van der Waals surface area (Å²) in [6, 6.07) is 76.8. The number of fused-ring (bicyclic) bond motifs is 10. The molecule has 0 saturated heterocycles. The number of para-hydroxylation sites is 2. The number of nitrogens with zero attached hydrogens (tertiary/aromatic N) is 4. The first-order valence-electron chi connectivity index (χ1n) is 28.9. The third-order valence-corrected chi connectivity index (χ3v) is 18.6. The van der Waals surface area contributed by atoms with Crippen LogP contribution in [0, 0.1) is 20.8 Å². The fraction of sp³-hybridized carbons (Fsp3) is 0.200. The van der Waals surface area contributed by atoms with Crippen molar-refractivity contribution in [3.63, 3.8) is 0 Å². The molecule has 12 aromatic rings. The lowest BCUT2D eigenvalue weighted by Crippen LogP contribution is -2.61. The molecule has 0 atom stereocenters. The number of anilines is 9. The summed E-state index contributed by atoms with van der Waals surface area (Å²) < 4.78 is 5.03. The molecule has 0 amide bonds. The zero-order valence-electron chi connectivity index (χ0n) is 48.8. The molecular formula is C75H69BN4S. The minimum absolute atomic E-state index is 0.0178. The SMILES string of the molecule is Cc1cc2c3c(c1)N(c1ccc(C(C)(C)C)cc1)c1cc(C(C)(C)C)ccc1B3c1ccc(N(c3ccc4c5ccccc5n(-c5ccccc5)c4c3)c3c(C)cc(C(C)(C)C)cc3C)cc1N2c1ccc2c(c1)sc1ccccc12. The van der Waals surface area contributed by atoms with E-state index in [2.05, 4.69) is 303 Å². The fourth-order valence-corrected chi connectivity index (χ4v) is 14.5. The van der Waals surface area contributed by atoms with Crippen LogP contribution in [0.25, 0.3) is 47.7 Å².